The molecule has 1 fully saturated rings. The van der Waals surface area contributed by atoms with Crippen molar-refractivity contribution in [3.63, 3.8) is 0 Å². The Morgan fingerprint density at radius 1 is 1.27 bits per heavy atom. The summed E-state index contributed by atoms with van der Waals surface area (Å²) in [5.41, 5.74) is 7.39. The molecule has 1 aliphatic rings. The molecule has 3 N–H and O–H groups in total. The Morgan fingerprint density at radius 3 is 2.67 bits per heavy atom. The van der Waals surface area contributed by atoms with Crippen molar-refractivity contribution in [1.29, 1.82) is 0 Å². The van der Waals surface area contributed by atoms with E-state index in [1.54, 1.807) is 6.92 Å². The molecule has 3 rings (SSSR count). The Morgan fingerprint density at radius 2 is 2.00 bits per heavy atom. The van der Waals surface area contributed by atoms with Crippen molar-refractivity contribution >= 4 is 21.4 Å². The number of sulfone groups is 1. The number of nitrogens with zero attached hydrogens (tertiary/aromatic N) is 1. The maximum atomic E-state index is 12.9. The number of carbonyl (C=O) groups is 1. The van der Waals surface area contributed by atoms with Gasteiger partial charge in [0.25, 0.3) is 5.91 Å². The first-order valence-electron chi connectivity index (χ1n) is 10.1. The quantitative estimate of drug-likeness (QED) is 0.623. The van der Waals surface area contributed by atoms with Crippen LogP contribution >= 0.6 is 0 Å². The number of likely N-dealkylation sites (tertiary alicyclic amines) is 1. The third kappa shape index (κ3) is 4.94. The number of nitrogen functional groups attached to an aromatic ring is 1. The number of hydrogen-bond donors (Lipinski definition) is 2. The number of benzene rings is 2. The van der Waals surface area contributed by atoms with E-state index in [0.29, 0.717) is 6.54 Å². The number of amides is 1. The van der Waals surface area contributed by atoms with Gasteiger partial charge in [0, 0.05) is 25.2 Å². The van der Waals surface area contributed by atoms with Crippen LogP contribution in [0.1, 0.15) is 35.7 Å². The van der Waals surface area contributed by atoms with Crippen molar-refractivity contribution in [2.75, 3.05) is 31.7 Å². The molecular formula is C22H29N3O4S. The van der Waals surface area contributed by atoms with Crippen molar-refractivity contribution in [2.24, 2.45) is 0 Å². The molecule has 162 valence electrons. The van der Waals surface area contributed by atoms with Gasteiger partial charge >= 0.3 is 0 Å². The lowest BCUT2D eigenvalue weighted by Crippen LogP contribution is -2.40. The van der Waals surface area contributed by atoms with Crippen LogP contribution in [0.2, 0.25) is 0 Å². The Hall–Kier alpha value is -2.58. The molecule has 1 aliphatic heterocycles. The van der Waals surface area contributed by atoms with Crippen LogP contribution in [-0.2, 0) is 16.4 Å². The summed E-state index contributed by atoms with van der Waals surface area (Å²) in [6.07, 6.45) is 2.08. The van der Waals surface area contributed by atoms with Crippen LogP contribution in [0.25, 0.3) is 0 Å². The highest BCUT2D eigenvalue weighted by atomic mass is 32.2. The van der Waals surface area contributed by atoms with E-state index in [4.69, 9.17) is 10.5 Å². The van der Waals surface area contributed by atoms with Gasteiger partial charge in [0.1, 0.15) is 5.75 Å². The van der Waals surface area contributed by atoms with Crippen molar-refractivity contribution < 1.29 is 17.9 Å². The van der Waals surface area contributed by atoms with Gasteiger partial charge in [-0.05, 0) is 31.0 Å². The lowest BCUT2D eigenvalue weighted by atomic mass is 10.1. The number of hydrogen-bond acceptors (Lipinski definition) is 6. The average Bonchev–Trinajstić information content (AvgIpc) is 3.19. The zero-order valence-electron chi connectivity index (χ0n) is 17.4. The molecule has 0 spiro atoms. The Balaban J connectivity index is 1.73. The summed E-state index contributed by atoms with van der Waals surface area (Å²) in [5.74, 6) is -0.209. The Bertz CT molecular complexity index is 993. The van der Waals surface area contributed by atoms with Gasteiger partial charge in [-0.1, -0.05) is 37.3 Å². The number of nitrogens with two attached hydrogens (primary N) is 1. The summed E-state index contributed by atoms with van der Waals surface area (Å²) >= 11 is 0. The van der Waals surface area contributed by atoms with Crippen LogP contribution in [0.5, 0.6) is 5.75 Å². The SMILES string of the molecule is CCS(=O)(=O)c1cc(C(=O)NCC2CCCN2Cc2ccccc2)c(OC)cc1N. The Kier molecular flexibility index (Phi) is 6.99. The predicted molar refractivity (Wildman–Crippen MR) is 117 cm³/mol. The highest BCUT2D eigenvalue weighted by molar-refractivity contribution is 7.91. The second-order valence-electron chi connectivity index (χ2n) is 7.46. The Labute approximate surface area is 178 Å². The minimum Gasteiger partial charge on any atom is -0.496 e. The molecule has 0 aromatic heterocycles. The molecule has 8 heteroatoms. The fraction of sp³-hybridized carbons (Fsp3) is 0.409. The van der Waals surface area contributed by atoms with E-state index in [-0.39, 0.29) is 39.6 Å². The zero-order valence-corrected chi connectivity index (χ0v) is 18.2. The van der Waals surface area contributed by atoms with E-state index < -0.39 is 9.84 Å². The van der Waals surface area contributed by atoms with E-state index in [1.807, 2.05) is 18.2 Å². The summed E-state index contributed by atoms with van der Waals surface area (Å²) in [6.45, 7) is 3.85. The van der Waals surface area contributed by atoms with Crippen LogP contribution in [0.15, 0.2) is 47.4 Å². The molecule has 2 aromatic rings. The molecule has 1 unspecified atom stereocenters. The van der Waals surface area contributed by atoms with Gasteiger partial charge in [0.15, 0.2) is 9.84 Å². The molecule has 30 heavy (non-hydrogen) atoms. The van der Waals surface area contributed by atoms with Crippen LogP contribution < -0.4 is 15.8 Å². The van der Waals surface area contributed by atoms with Gasteiger partial charge in [0.05, 0.1) is 29.0 Å². The molecule has 0 aliphatic carbocycles. The number of rotatable bonds is 8. The summed E-state index contributed by atoms with van der Waals surface area (Å²) in [6, 6.07) is 13.2. The van der Waals surface area contributed by atoms with Gasteiger partial charge in [-0.15, -0.1) is 0 Å². The summed E-state index contributed by atoms with van der Waals surface area (Å²) < 4.78 is 29.9. The van der Waals surface area contributed by atoms with Crippen LogP contribution in [-0.4, -0.2) is 51.2 Å². The third-order valence-corrected chi connectivity index (χ3v) is 7.30. The van der Waals surface area contributed by atoms with Gasteiger partial charge in [-0.2, -0.15) is 0 Å². The standard InChI is InChI=1S/C22H29N3O4S/c1-3-30(27,28)21-12-18(20(29-2)13-19(21)23)22(26)24-14-17-10-7-11-25(17)15-16-8-5-4-6-9-16/h4-6,8-9,12-13,17H,3,7,10-11,14-15,23H2,1-2H3,(H,24,26). The summed E-state index contributed by atoms with van der Waals surface area (Å²) in [7, 11) is -2.12. The largest absolute Gasteiger partial charge is 0.496 e. The van der Waals surface area contributed by atoms with Crippen molar-refractivity contribution in [3.8, 4) is 5.75 Å². The summed E-state index contributed by atoms with van der Waals surface area (Å²) in [5, 5.41) is 2.95. The fourth-order valence-corrected chi connectivity index (χ4v) is 4.83. The molecule has 1 atom stereocenters. The van der Waals surface area contributed by atoms with E-state index in [2.05, 4.69) is 22.3 Å². The highest BCUT2D eigenvalue weighted by Crippen LogP contribution is 2.29. The van der Waals surface area contributed by atoms with Crippen molar-refractivity contribution in [1.82, 2.24) is 10.2 Å². The minimum atomic E-state index is -3.55. The first-order valence-corrected chi connectivity index (χ1v) is 11.8. The molecule has 1 saturated heterocycles. The van der Waals surface area contributed by atoms with Gasteiger partial charge in [-0.25, -0.2) is 8.42 Å². The zero-order chi connectivity index (χ0) is 21.7. The number of ether oxygens (including phenoxy) is 1. The molecule has 1 heterocycles. The van der Waals surface area contributed by atoms with Gasteiger partial charge in [-0.3, -0.25) is 9.69 Å². The van der Waals surface area contributed by atoms with Crippen LogP contribution in [0, 0.1) is 0 Å². The first kappa shape index (κ1) is 22.1. The summed E-state index contributed by atoms with van der Waals surface area (Å²) in [4.78, 5) is 15.2. The molecule has 0 saturated carbocycles. The molecule has 0 bridgehead atoms. The van der Waals surface area contributed by atoms with Crippen LogP contribution in [0.4, 0.5) is 5.69 Å². The second-order valence-corrected chi connectivity index (χ2v) is 9.70. The molecule has 7 nitrogen and oxygen atoms in total. The highest BCUT2D eigenvalue weighted by Gasteiger charge is 2.26. The second kappa shape index (κ2) is 9.49. The monoisotopic (exact) mass is 431 g/mol. The number of carbonyl (C=O) groups excluding carboxylic acids is 1. The smallest absolute Gasteiger partial charge is 0.255 e. The van der Waals surface area contributed by atoms with Gasteiger partial charge < -0.3 is 15.8 Å². The molecule has 0 radical (unpaired) electrons. The molecule has 1 amide bonds. The minimum absolute atomic E-state index is 0.0393. The lowest BCUT2D eigenvalue weighted by molar-refractivity contribution is 0.0936. The topological polar surface area (TPSA) is 102 Å². The lowest BCUT2D eigenvalue weighted by Gasteiger charge is -2.25. The van der Waals surface area contributed by atoms with Crippen molar-refractivity contribution in [3.05, 3.63) is 53.6 Å². The van der Waals surface area contributed by atoms with Crippen molar-refractivity contribution in [2.45, 2.75) is 37.2 Å². The normalized spacial score (nSPS) is 17.1. The number of methoxy groups -OCH3 is 1. The predicted octanol–water partition coefficient (Wildman–Crippen LogP) is 2.47. The van der Waals surface area contributed by atoms with Crippen LogP contribution in [0.3, 0.4) is 0 Å². The first-order chi connectivity index (χ1) is 14.4. The van der Waals surface area contributed by atoms with E-state index in [9.17, 15) is 13.2 Å². The average molecular weight is 432 g/mol. The maximum absolute atomic E-state index is 12.9. The molecule has 2 aromatic carbocycles. The van der Waals surface area contributed by atoms with E-state index in [1.165, 1.54) is 24.8 Å². The number of nitrogens with one attached hydrogen (secondary N) is 1. The van der Waals surface area contributed by atoms with E-state index in [0.717, 1.165) is 25.9 Å². The fourth-order valence-electron chi connectivity index (χ4n) is 3.80. The third-order valence-electron chi connectivity index (χ3n) is 5.52. The number of anilines is 1. The maximum Gasteiger partial charge on any atom is 0.255 e. The molecular weight excluding hydrogens is 402 g/mol. The van der Waals surface area contributed by atoms with E-state index >= 15 is 0 Å². The van der Waals surface area contributed by atoms with Gasteiger partial charge in [0.2, 0.25) is 0 Å².